The van der Waals surface area contributed by atoms with Crippen LogP contribution in [-0.4, -0.2) is 16.2 Å². The summed E-state index contributed by atoms with van der Waals surface area (Å²) in [6.45, 7) is 12.7. The van der Waals surface area contributed by atoms with Crippen molar-refractivity contribution in [1.29, 1.82) is 0 Å². The van der Waals surface area contributed by atoms with Crippen molar-refractivity contribution < 1.29 is 4.74 Å². The first-order chi connectivity index (χ1) is 9.84. The molecule has 1 aromatic heterocycles. The Hall–Kier alpha value is -1.71. The smallest absolute Gasteiger partial charge is 0.201 e. The zero-order valence-corrected chi connectivity index (χ0v) is 13.8. The van der Waals surface area contributed by atoms with Gasteiger partial charge in [0.2, 0.25) is 5.95 Å². The number of anilines is 1. The van der Waals surface area contributed by atoms with Crippen LogP contribution in [0.5, 0.6) is 5.75 Å². The third-order valence-corrected chi connectivity index (χ3v) is 4.17. The molecule has 0 saturated heterocycles. The number of rotatable bonds is 5. The number of benzene rings is 1. The van der Waals surface area contributed by atoms with Crippen LogP contribution in [0.3, 0.4) is 0 Å². The van der Waals surface area contributed by atoms with E-state index in [1.165, 1.54) is 0 Å². The summed E-state index contributed by atoms with van der Waals surface area (Å²) >= 11 is 0. The normalized spacial score (nSPS) is 13.6. The fourth-order valence-corrected chi connectivity index (χ4v) is 2.21. The van der Waals surface area contributed by atoms with Gasteiger partial charge in [0.15, 0.2) is 0 Å². The summed E-state index contributed by atoms with van der Waals surface area (Å²) in [7, 11) is 0. The number of nitrogens with zero attached hydrogens (tertiary/aromatic N) is 2. The van der Waals surface area contributed by atoms with Crippen molar-refractivity contribution in [2.45, 2.75) is 47.6 Å². The average molecular weight is 289 g/mol. The third-order valence-electron chi connectivity index (χ3n) is 4.17. The molecule has 0 aliphatic carbocycles. The molecular weight excluding hydrogens is 262 g/mol. The summed E-state index contributed by atoms with van der Waals surface area (Å²) in [4.78, 5) is 4.52. The van der Waals surface area contributed by atoms with Gasteiger partial charge in [-0.25, -0.2) is 4.98 Å². The Bertz CT molecular complexity index is 610. The Kier molecular flexibility index (Phi) is 4.45. The highest BCUT2D eigenvalue weighted by Gasteiger charge is 2.22. The lowest BCUT2D eigenvalue weighted by molar-refractivity contribution is 0.236. The zero-order chi connectivity index (χ0) is 15.6. The third kappa shape index (κ3) is 3.31. The standard InChI is InChI=1S/C17H27N3O/c1-6-10-21-14-9-7-8-13-15(14)19-16(18)20(13)11-12(2)17(3,4)5/h7-9,12H,6,10-11H2,1-5H3,(H2,18,19). The van der Waals surface area contributed by atoms with E-state index < -0.39 is 0 Å². The van der Waals surface area contributed by atoms with Gasteiger partial charge >= 0.3 is 0 Å². The van der Waals surface area contributed by atoms with Gasteiger partial charge in [0.1, 0.15) is 11.3 Å². The molecule has 0 fully saturated rings. The Morgan fingerprint density at radius 1 is 1.33 bits per heavy atom. The van der Waals surface area contributed by atoms with Crippen LogP contribution >= 0.6 is 0 Å². The van der Waals surface area contributed by atoms with Crippen molar-refractivity contribution in [3.63, 3.8) is 0 Å². The second-order valence-corrected chi connectivity index (χ2v) is 6.82. The number of fused-ring (bicyclic) bond motifs is 1. The van der Waals surface area contributed by atoms with Gasteiger partial charge in [0, 0.05) is 6.54 Å². The molecule has 0 amide bonds. The highest BCUT2D eigenvalue weighted by Crippen LogP contribution is 2.31. The van der Waals surface area contributed by atoms with Gasteiger partial charge in [-0.2, -0.15) is 0 Å². The number of hydrogen-bond acceptors (Lipinski definition) is 3. The molecule has 0 aliphatic rings. The van der Waals surface area contributed by atoms with Gasteiger partial charge in [-0.3, -0.25) is 0 Å². The Morgan fingerprint density at radius 2 is 2.05 bits per heavy atom. The van der Waals surface area contributed by atoms with E-state index in [-0.39, 0.29) is 5.41 Å². The van der Waals surface area contributed by atoms with Crippen LogP contribution < -0.4 is 10.5 Å². The quantitative estimate of drug-likeness (QED) is 0.902. The van der Waals surface area contributed by atoms with Crippen molar-refractivity contribution in [3.05, 3.63) is 18.2 Å². The molecule has 2 rings (SSSR count). The van der Waals surface area contributed by atoms with Crippen LogP contribution in [0.25, 0.3) is 11.0 Å². The monoisotopic (exact) mass is 289 g/mol. The van der Waals surface area contributed by atoms with E-state index in [0.717, 1.165) is 29.7 Å². The van der Waals surface area contributed by atoms with E-state index in [1.54, 1.807) is 0 Å². The number of para-hydroxylation sites is 1. The lowest BCUT2D eigenvalue weighted by Gasteiger charge is -2.28. The number of nitrogen functional groups attached to an aromatic ring is 1. The first-order valence-corrected chi connectivity index (χ1v) is 7.72. The summed E-state index contributed by atoms with van der Waals surface area (Å²) < 4.78 is 7.88. The molecule has 4 heteroatoms. The summed E-state index contributed by atoms with van der Waals surface area (Å²) in [5.41, 5.74) is 8.29. The minimum atomic E-state index is 0.235. The molecule has 1 unspecified atom stereocenters. The van der Waals surface area contributed by atoms with Crippen LogP contribution in [0.4, 0.5) is 5.95 Å². The topological polar surface area (TPSA) is 53.1 Å². The maximum atomic E-state index is 6.14. The van der Waals surface area contributed by atoms with Crippen molar-refractivity contribution in [2.75, 3.05) is 12.3 Å². The minimum absolute atomic E-state index is 0.235. The minimum Gasteiger partial charge on any atom is -0.491 e. The Labute approximate surface area is 127 Å². The van der Waals surface area contributed by atoms with Crippen LogP contribution in [-0.2, 0) is 6.54 Å². The molecule has 0 radical (unpaired) electrons. The number of imidazole rings is 1. The molecule has 116 valence electrons. The molecule has 0 spiro atoms. The maximum Gasteiger partial charge on any atom is 0.201 e. The lowest BCUT2D eigenvalue weighted by atomic mass is 9.82. The molecule has 4 nitrogen and oxygen atoms in total. The number of hydrogen-bond donors (Lipinski definition) is 1. The predicted molar refractivity (Wildman–Crippen MR) is 88.6 cm³/mol. The highest BCUT2D eigenvalue weighted by atomic mass is 16.5. The molecule has 21 heavy (non-hydrogen) atoms. The van der Waals surface area contributed by atoms with Gasteiger partial charge in [-0.05, 0) is 29.9 Å². The second-order valence-electron chi connectivity index (χ2n) is 6.82. The van der Waals surface area contributed by atoms with E-state index in [9.17, 15) is 0 Å². The fourth-order valence-electron chi connectivity index (χ4n) is 2.21. The predicted octanol–water partition coefficient (Wildman–Crippen LogP) is 4.09. The fraction of sp³-hybridized carbons (Fsp3) is 0.588. The number of nitrogens with two attached hydrogens (primary N) is 1. The molecule has 2 aromatic rings. The largest absolute Gasteiger partial charge is 0.491 e. The van der Waals surface area contributed by atoms with Gasteiger partial charge in [-0.15, -0.1) is 0 Å². The average Bonchev–Trinajstić information content (AvgIpc) is 2.72. The number of aromatic nitrogens is 2. The molecule has 1 atom stereocenters. The molecule has 0 aliphatic heterocycles. The van der Waals surface area contributed by atoms with Crippen molar-refractivity contribution >= 4 is 17.0 Å². The first kappa shape index (κ1) is 15.7. The molecule has 0 bridgehead atoms. The summed E-state index contributed by atoms with van der Waals surface area (Å²) in [5, 5.41) is 0. The van der Waals surface area contributed by atoms with Gasteiger partial charge in [0.05, 0.1) is 12.1 Å². The van der Waals surface area contributed by atoms with E-state index >= 15 is 0 Å². The van der Waals surface area contributed by atoms with Crippen LogP contribution in [0.2, 0.25) is 0 Å². The highest BCUT2D eigenvalue weighted by molar-refractivity contribution is 5.84. The molecule has 1 heterocycles. The maximum absolute atomic E-state index is 6.14. The van der Waals surface area contributed by atoms with E-state index in [0.29, 0.717) is 18.5 Å². The molecule has 2 N–H and O–H groups in total. The summed E-state index contributed by atoms with van der Waals surface area (Å²) in [6, 6.07) is 6.03. The van der Waals surface area contributed by atoms with E-state index in [2.05, 4.69) is 50.2 Å². The van der Waals surface area contributed by atoms with Crippen molar-refractivity contribution in [3.8, 4) is 5.75 Å². The van der Waals surface area contributed by atoms with Gasteiger partial charge < -0.3 is 15.0 Å². The zero-order valence-electron chi connectivity index (χ0n) is 13.8. The van der Waals surface area contributed by atoms with Crippen molar-refractivity contribution in [1.82, 2.24) is 9.55 Å². The van der Waals surface area contributed by atoms with Crippen LogP contribution in [0.15, 0.2) is 18.2 Å². The van der Waals surface area contributed by atoms with E-state index in [1.807, 2.05) is 12.1 Å². The second kappa shape index (κ2) is 5.96. The number of ether oxygens (including phenoxy) is 1. The molecule has 1 aromatic carbocycles. The lowest BCUT2D eigenvalue weighted by Crippen LogP contribution is -2.23. The SMILES string of the molecule is CCCOc1cccc2c1nc(N)n2CC(C)C(C)(C)C. The van der Waals surface area contributed by atoms with Gasteiger partial charge in [0.25, 0.3) is 0 Å². The van der Waals surface area contributed by atoms with Crippen molar-refractivity contribution in [2.24, 2.45) is 11.3 Å². The molecule has 0 saturated carbocycles. The van der Waals surface area contributed by atoms with Gasteiger partial charge in [-0.1, -0.05) is 40.7 Å². The summed E-state index contributed by atoms with van der Waals surface area (Å²) in [5.74, 6) is 1.88. The van der Waals surface area contributed by atoms with E-state index in [4.69, 9.17) is 10.5 Å². The van der Waals surface area contributed by atoms with Crippen LogP contribution in [0, 0.1) is 11.3 Å². The summed E-state index contributed by atoms with van der Waals surface area (Å²) in [6.07, 6.45) is 0.980. The Morgan fingerprint density at radius 3 is 2.67 bits per heavy atom. The molecular formula is C17H27N3O. The first-order valence-electron chi connectivity index (χ1n) is 7.72. The van der Waals surface area contributed by atoms with Crippen LogP contribution in [0.1, 0.15) is 41.0 Å². The Balaban J connectivity index is 2.39.